The number of nitrogens with zero attached hydrogens (tertiary/aromatic N) is 1. The molecule has 0 radical (unpaired) electrons. The van der Waals surface area contributed by atoms with Crippen molar-refractivity contribution in [1.82, 2.24) is 0 Å². The molecule has 0 aliphatic heterocycles. The molecule has 0 amide bonds. The number of aryl methyl sites for hydroxylation is 3. The highest BCUT2D eigenvalue weighted by atomic mass is 127. The summed E-state index contributed by atoms with van der Waals surface area (Å²) in [6, 6.07) is 13.0. The summed E-state index contributed by atoms with van der Waals surface area (Å²) < 4.78 is 1.26. The lowest BCUT2D eigenvalue weighted by Crippen LogP contribution is -2.20. The molecule has 104 valence electrons. The van der Waals surface area contributed by atoms with Crippen molar-refractivity contribution in [3.05, 3.63) is 69.3 Å². The normalized spacial score (nSPS) is 10.4. The van der Waals surface area contributed by atoms with Gasteiger partial charge in [-0.1, -0.05) is 35.9 Å². The molecule has 2 heteroatoms. The topological polar surface area (TPSA) is 3.24 Å². The lowest BCUT2D eigenvalue weighted by molar-refractivity contribution is 1.06. The van der Waals surface area contributed by atoms with Crippen LogP contribution < -0.4 is 4.90 Å². The third-order valence-electron chi connectivity index (χ3n) is 3.36. The molecule has 1 nitrogen and oxygen atoms in total. The van der Waals surface area contributed by atoms with Gasteiger partial charge >= 0.3 is 0 Å². The minimum atomic E-state index is 0.810. The van der Waals surface area contributed by atoms with Crippen molar-refractivity contribution in [2.75, 3.05) is 11.4 Å². The molecule has 0 bridgehead atoms. The first-order valence-corrected chi connectivity index (χ1v) is 7.83. The zero-order valence-electron chi connectivity index (χ0n) is 12.3. The van der Waals surface area contributed by atoms with Gasteiger partial charge in [0.1, 0.15) is 0 Å². The maximum atomic E-state index is 3.91. The minimum absolute atomic E-state index is 0.810. The van der Waals surface area contributed by atoms with E-state index in [4.69, 9.17) is 0 Å². The van der Waals surface area contributed by atoms with Crippen LogP contribution in [0.3, 0.4) is 0 Å². The van der Waals surface area contributed by atoms with Crippen LogP contribution in [0.15, 0.2) is 49.1 Å². The van der Waals surface area contributed by atoms with Crippen LogP contribution in [0.5, 0.6) is 0 Å². The van der Waals surface area contributed by atoms with E-state index >= 15 is 0 Å². The van der Waals surface area contributed by atoms with E-state index in [-0.39, 0.29) is 0 Å². The average Bonchev–Trinajstić information content (AvgIpc) is 2.37. The molecule has 2 aromatic rings. The summed E-state index contributed by atoms with van der Waals surface area (Å²) in [5.74, 6) is 0. The summed E-state index contributed by atoms with van der Waals surface area (Å²) in [6.45, 7) is 11.2. The average molecular weight is 377 g/mol. The molecule has 0 saturated carbocycles. The van der Waals surface area contributed by atoms with Crippen molar-refractivity contribution in [2.45, 2.75) is 20.8 Å². The Morgan fingerprint density at radius 2 is 1.70 bits per heavy atom. The largest absolute Gasteiger partial charge is 0.336 e. The number of hydrogen-bond donors (Lipinski definition) is 0. The number of hydrogen-bond acceptors (Lipinski definition) is 1. The fourth-order valence-electron chi connectivity index (χ4n) is 2.71. The number of anilines is 2. The predicted molar refractivity (Wildman–Crippen MR) is 97.0 cm³/mol. The zero-order valence-corrected chi connectivity index (χ0v) is 14.4. The van der Waals surface area contributed by atoms with Crippen LogP contribution in [0.1, 0.15) is 16.7 Å². The Bertz CT molecular complexity index is 608. The van der Waals surface area contributed by atoms with Crippen LogP contribution in [-0.4, -0.2) is 6.54 Å². The summed E-state index contributed by atoms with van der Waals surface area (Å²) in [4.78, 5) is 2.35. The van der Waals surface area contributed by atoms with Gasteiger partial charge in [0.05, 0.1) is 5.69 Å². The molecular weight excluding hydrogens is 357 g/mol. The van der Waals surface area contributed by atoms with E-state index in [1.165, 1.54) is 31.6 Å². The van der Waals surface area contributed by atoms with E-state index in [2.05, 4.69) is 91.2 Å². The highest BCUT2D eigenvalue weighted by Crippen LogP contribution is 2.34. The van der Waals surface area contributed by atoms with Crippen molar-refractivity contribution in [3.8, 4) is 0 Å². The summed E-state index contributed by atoms with van der Waals surface area (Å²) in [5, 5.41) is 0. The SMILES string of the molecule is C=CCN(c1ccccc1I)c1c(C)cc(C)cc1C. The van der Waals surface area contributed by atoms with Gasteiger partial charge in [0.25, 0.3) is 0 Å². The molecule has 0 aliphatic rings. The second kappa shape index (κ2) is 6.44. The first kappa shape index (κ1) is 15.1. The van der Waals surface area contributed by atoms with Gasteiger partial charge in [-0.25, -0.2) is 0 Å². The van der Waals surface area contributed by atoms with Gasteiger partial charge in [-0.3, -0.25) is 0 Å². The van der Waals surface area contributed by atoms with Crippen LogP contribution in [0, 0.1) is 24.3 Å². The number of benzene rings is 2. The number of halogens is 1. The third kappa shape index (κ3) is 3.06. The third-order valence-corrected chi connectivity index (χ3v) is 4.27. The van der Waals surface area contributed by atoms with Crippen molar-refractivity contribution in [1.29, 1.82) is 0 Å². The maximum Gasteiger partial charge on any atom is 0.0549 e. The summed E-state index contributed by atoms with van der Waals surface area (Å²) in [7, 11) is 0. The minimum Gasteiger partial charge on any atom is -0.336 e. The van der Waals surface area contributed by atoms with Crippen LogP contribution in [0.2, 0.25) is 0 Å². The Morgan fingerprint density at radius 3 is 2.25 bits per heavy atom. The molecule has 0 spiro atoms. The van der Waals surface area contributed by atoms with Crippen LogP contribution in [-0.2, 0) is 0 Å². The second-order valence-electron chi connectivity index (χ2n) is 5.10. The first-order valence-electron chi connectivity index (χ1n) is 6.75. The van der Waals surface area contributed by atoms with Gasteiger partial charge in [-0.15, -0.1) is 6.58 Å². The Kier molecular flexibility index (Phi) is 4.86. The number of rotatable bonds is 4. The van der Waals surface area contributed by atoms with Gasteiger partial charge in [0.15, 0.2) is 0 Å². The van der Waals surface area contributed by atoms with Crippen molar-refractivity contribution >= 4 is 34.0 Å². The summed E-state index contributed by atoms with van der Waals surface area (Å²) in [6.07, 6.45) is 1.96. The molecule has 2 aromatic carbocycles. The molecule has 2 rings (SSSR count). The van der Waals surface area contributed by atoms with E-state index in [0.717, 1.165) is 6.54 Å². The Morgan fingerprint density at radius 1 is 1.10 bits per heavy atom. The highest BCUT2D eigenvalue weighted by Gasteiger charge is 2.15. The van der Waals surface area contributed by atoms with Crippen molar-refractivity contribution in [2.24, 2.45) is 0 Å². The quantitative estimate of drug-likeness (QED) is 0.500. The van der Waals surface area contributed by atoms with Gasteiger partial charge in [0.2, 0.25) is 0 Å². The van der Waals surface area contributed by atoms with E-state index in [9.17, 15) is 0 Å². The highest BCUT2D eigenvalue weighted by molar-refractivity contribution is 14.1. The van der Waals surface area contributed by atoms with E-state index in [1.54, 1.807) is 0 Å². The monoisotopic (exact) mass is 377 g/mol. The maximum absolute atomic E-state index is 3.91. The van der Waals surface area contributed by atoms with Crippen molar-refractivity contribution in [3.63, 3.8) is 0 Å². The lowest BCUT2D eigenvalue weighted by atomic mass is 10.0. The molecule has 0 fully saturated rings. The smallest absolute Gasteiger partial charge is 0.0549 e. The van der Waals surface area contributed by atoms with Crippen LogP contribution in [0.4, 0.5) is 11.4 Å². The molecule has 0 aromatic heterocycles. The molecule has 0 atom stereocenters. The van der Waals surface area contributed by atoms with Crippen molar-refractivity contribution < 1.29 is 0 Å². The summed E-state index contributed by atoms with van der Waals surface area (Å²) in [5.41, 5.74) is 6.46. The second-order valence-corrected chi connectivity index (χ2v) is 6.26. The van der Waals surface area contributed by atoms with Crippen LogP contribution >= 0.6 is 22.6 Å². The fraction of sp³-hybridized carbons (Fsp3) is 0.222. The van der Waals surface area contributed by atoms with E-state index in [0.29, 0.717) is 0 Å². The standard InChI is InChI=1S/C18H20IN/c1-5-10-20(17-9-7-6-8-16(17)19)18-14(3)11-13(2)12-15(18)4/h5-9,11-12H,1,10H2,2-4H3. The molecular formula is C18H20IN. The van der Waals surface area contributed by atoms with Gasteiger partial charge in [-0.2, -0.15) is 0 Å². The number of para-hydroxylation sites is 1. The van der Waals surface area contributed by atoms with E-state index < -0.39 is 0 Å². The summed E-state index contributed by atoms with van der Waals surface area (Å²) >= 11 is 2.40. The molecule has 0 aliphatic carbocycles. The van der Waals surface area contributed by atoms with Gasteiger partial charge < -0.3 is 4.90 Å². The fourth-order valence-corrected chi connectivity index (χ4v) is 3.39. The first-order chi connectivity index (χ1) is 9.54. The molecule has 20 heavy (non-hydrogen) atoms. The Labute approximate surface area is 135 Å². The van der Waals surface area contributed by atoms with Crippen LogP contribution in [0.25, 0.3) is 0 Å². The molecule has 0 N–H and O–H groups in total. The molecule has 0 heterocycles. The predicted octanol–water partition coefficient (Wildman–Crippen LogP) is 5.54. The van der Waals surface area contributed by atoms with E-state index in [1.807, 2.05) is 6.08 Å². The van der Waals surface area contributed by atoms with Gasteiger partial charge in [-0.05, 0) is 66.6 Å². The Balaban J connectivity index is 2.61. The zero-order chi connectivity index (χ0) is 14.7. The van der Waals surface area contributed by atoms with Gasteiger partial charge in [0, 0.05) is 15.8 Å². The lowest BCUT2D eigenvalue weighted by Gasteiger charge is -2.28. The Hall–Kier alpha value is -1.29. The molecule has 0 unspecified atom stereocenters. The molecule has 0 saturated heterocycles.